The summed E-state index contributed by atoms with van der Waals surface area (Å²) >= 11 is 0. The van der Waals surface area contributed by atoms with Crippen molar-refractivity contribution in [3.8, 4) is 0 Å². The molecule has 18 heavy (non-hydrogen) atoms. The van der Waals surface area contributed by atoms with Crippen LogP contribution in [0.2, 0.25) is 0 Å². The fourth-order valence-corrected chi connectivity index (χ4v) is 2.72. The van der Waals surface area contributed by atoms with Crippen molar-refractivity contribution in [3.05, 3.63) is 34.9 Å². The summed E-state index contributed by atoms with van der Waals surface area (Å²) in [6, 6.07) is 6.27. The van der Waals surface area contributed by atoms with Crippen molar-refractivity contribution in [2.75, 3.05) is 13.1 Å². The van der Waals surface area contributed by atoms with Gasteiger partial charge in [-0.1, -0.05) is 37.6 Å². The molecule has 102 valence electrons. The number of likely N-dealkylation sites (N-methyl/N-ethyl adjacent to an activating group) is 1. The minimum absolute atomic E-state index is 0.247. The van der Waals surface area contributed by atoms with E-state index in [4.69, 9.17) is 0 Å². The maximum atomic E-state index is 10.7. The van der Waals surface area contributed by atoms with Crippen LogP contribution in [0, 0.1) is 13.8 Å². The lowest BCUT2D eigenvalue weighted by Gasteiger charge is -2.41. The number of aliphatic hydroxyl groups excluding tert-OH is 1. The van der Waals surface area contributed by atoms with E-state index >= 15 is 0 Å². The highest BCUT2D eigenvalue weighted by atomic mass is 16.3. The van der Waals surface area contributed by atoms with Crippen molar-refractivity contribution in [1.29, 1.82) is 0 Å². The first-order valence-electron chi connectivity index (χ1n) is 6.84. The topological polar surface area (TPSA) is 23.5 Å². The van der Waals surface area contributed by atoms with E-state index in [0.717, 1.165) is 18.7 Å². The Hall–Kier alpha value is -0.860. The molecule has 1 unspecified atom stereocenters. The second kappa shape index (κ2) is 5.85. The minimum Gasteiger partial charge on any atom is -0.386 e. The van der Waals surface area contributed by atoms with Gasteiger partial charge in [0.25, 0.3) is 0 Å². The lowest BCUT2D eigenvalue weighted by Crippen LogP contribution is -2.48. The van der Waals surface area contributed by atoms with Gasteiger partial charge in [0, 0.05) is 5.54 Å². The van der Waals surface area contributed by atoms with Gasteiger partial charge in [-0.15, -0.1) is 0 Å². The second-order valence-corrected chi connectivity index (χ2v) is 5.59. The molecule has 1 aromatic rings. The van der Waals surface area contributed by atoms with Crippen molar-refractivity contribution in [1.82, 2.24) is 4.90 Å². The van der Waals surface area contributed by atoms with E-state index in [1.54, 1.807) is 0 Å². The molecular formula is C16H27NO. The van der Waals surface area contributed by atoms with Gasteiger partial charge in [-0.05, 0) is 51.9 Å². The first-order chi connectivity index (χ1) is 8.34. The van der Waals surface area contributed by atoms with Crippen LogP contribution in [0.5, 0.6) is 0 Å². The van der Waals surface area contributed by atoms with Gasteiger partial charge in [-0.2, -0.15) is 0 Å². The average Bonchev–Trinajstić information content (AvgIpc) is 2.29. The summed E-state index contributed by atoms with van der Waals surface area (Å²) < 4.78 is 0. The third kappa shape index (κ3) is 2.93. The Balaban J connectivity index is 3.08. The van der Waals surface area contributed by atoms with Crippen LogP contribution in [0.4, 0.5) is 0 Å². The third-order valence-electron chi connectivity index (χ3n) is 3.97. The molecule has 1 atom stereocenters. The summed E-state index contributed by atoms with van der Waals surface area (Å²) in [5, 5.41) is 10.7. The molecule has 0 saturated heterocycles. The molecule has 0 saturated carbocycles. The van der Waals surface area contributed by atoms with Crippen LogP contribution in [-0.2, 0) is 0 Å². The lowest BCUT2D eigenvalue weighted by molar-refractivity contribution is -0.00660. The van der Waals surface area contributed by atoms with Crippen molar-refractivity contribution in [2.45, 2.75) is 53.2 Å². The Bertz CT molecular complexity index is 394. The average molecular weight is 249 g/mol. The second-order valence-electron chi connectivity index (χ2n) is 5.59. The van der Waals surface area contributed by atoms with Gasteiger partial charge in [0.15, 0.2) is 0 Å². The largest absolute Gasteiger partial charge is 0.386 e. The van der Waals surface area contributed by atoms with Gasteiger partial charge in [-0.25, -0.2) is 0 Å². The molecular weight excluding hydrogens is 222 g/mol. The summed E-state index contributed by atoms with van der Waals surface area (Å²) in [6.45, 7) is 14.6. The van der Waals surface area contributed by atoms with Gasteiger partial charge in [-0.3, -0.25) is 4.90 Å². The number of nitrogens with zero attached hydrogens (tertiary/aromatic N) is 1. The van der Waals surface area contributed by atoms with Gasteiger partial charge in [0.1, 0.15) is 0 Å². The zero-order chi connectivity index (χ0) is 13.9. The molecule has 0 radical (unpaired) electrons. The Morgan fingerprint density at radius 3 is 2.17 bits per heavy atom. The summed E-state index contributed by atoms with van der Waals surface area (Å²) in [6.07, 6.45) is -0.460. The molecule has 0 amide bonds. The summed E-state index contributed by atoms with van der Waals surface area (Å²) in [7, 11) is 0. The van der Waals surface area contributed by atoms with Crippen LogP contribution in [0.3, 0.4) is 0 Å². The minimum atomic E-state index is -0.460. The summed E-state index contributed by atoms with van der Waals surface area (Å²) in [5.74, 6) is 0. The molecule has 1 N–H and O–H groups in total. The number of hydrogen-bond donors (Lipinski definition) is 1. The third-order valence-corrected chi connectivity index (χ3v) is 3.97. The van der Waals surface area contributed by atoms with Crippen LogP contribution >= 0.6 is 0 Å². The quantitative estimate of drug-likeness (QED) is 0.864. The Morgan fingerprint density at radius 2 is 1.72 bits per heavy atom. The lowest BCUT2D eigenvalue weighted by atomic mass is 9.87. The Labute approximate surface area is 112 Å². The van der Waals surface area contributed by atoms with E-state index in [-0.39, 0.29) is 5.54 Å². The van der Waals surface area contributed by atoms with Crippen molar-refractivity contribution in [2.24, 2.45) is 0 Å². The predicted molar refractivity (Wildman–Crippen MR) is 77.9 cm³/mol. The molecule has 1 rings (SSSR count). The molecule has 0 aliphatic rings. The first-order valence-corrected chi connectivity index (χ1v) is 6.84. The van der Waals surface area contributed by atoms with Gasteiger partial charge in [0.2, 0.25) is 0 Å². The zero-order valence-electron chi connectivity index (χ0n) is 12.6. The van der Waals surface area contributed by atoms with Crippen molar-refractivity contribution < 1.29 is 5.11 Å². The molecule has 0 bridgehead atoms. The monoisotopic (exact) mass is 249 g/mol. The molecule has 0 spiro atoms. The van der Waals surface area contributed by atoms with E-state index in [1.165, 1.54) is 11.1 Å². The van der Waals surface area contributed by atoms with Gasteiger partial charge >= 0.3 is 0 Å². The number of rotatable bonds is 5. The van der Waals surface area contributed by atoms with E-state index in [1.807, 2.05) is 0 Å². The van der Waals surface area contributed by atoms with E-state index < -0.39 is 6.10 Å². The SMILES string of the molecule is CCN(CC)C(C)(C)C(O)c1ccc(C)cc1C. The highest BCUT2D eigenvalue weighted by Crippen LogP contribution is 2.32. The predicted octanol–water partition coefficient (Wildman–Crippen LogP) is 3.46. The van der Waals surface area contributed by atoms with Crippen LogP contribution in [0.1, 0.15) is 50.5 Å². The normalized spacial score (nSPS) is 14.0. The Kier molecular flexibility index (Phi) is 4.94. The van der Waals surface area contributed by atoms with Gasteiger partial charge in [0.05, 0.1) is 6.10 Å². The fraction of sp³-hybridized carbons (Fsp3) is 0.625. The van der Waals surface area contributed by atoms with E-state index in [9.17, 15) is 5.11 Å². The summed E-state index contributed by atoms with van der Waals surface area (Å²) in [5.41, 5.74) is 3.20. The van der Waals surface area contributed by atoms with E-state index in [2.05, 4.69) is 64.6 Å². The maximum absolute atomic E-state index is 10.7. The highest BCUT2D eigenvalue weighted by Gasteiger charge is 2.34. The van der Waals surface area contributed by atoms with Crippen LogP contribution in [0.15, 0.2) is 18.2 Å². The molecule has 0 aliphatic carbocycles. The van der Waals surface area contributed by atoms with E-state index in [0.29, 0.717) is 0 Å². The van der Waals surface area contributed by atoms with Crippen LogP contribution in [-0.4, -0.2) is 28.6 Å². The smallest absolute Gasteiger partial charge is 0.0970 e. The van der Waals surface area contributed by atoms with Crippen LogP contribution < -0.4 is 0 Å². The molecule has 0 fully saturated rings. The number of aliphatic hydroxyl groups is 1. The number of aryl methyl sites for hydroxylation is 2. The maximum Gasteiger partial charge on any atom is 0.0970 e. The van der Waals surface area contributed by atoms with Gasteiger partial charge < -0.3 is 5.11 Å². The molecule has 2 nitrogen and oxygen atoms in total. The van der Waals surface area contributed by atoms with Crippen molar-refractivity contribution in [3.63, 3.8) is 0 Å². The first kappa shape index (κ1) is 15.2. The molecule has 1 aromatic carbocycles. The molecule has 0 aromatic heterocycles. The molecule has 0 aliphatic heterocycles. The van der Waals surface area contributed by atoms with Crippen molar-refractivity contribution >= 4 is 0 Å². The highest BCUT2D eigenvalue weighted by molar-refractivity contribution is 5.33. The molecule has 2 heteroatoms. The fourth-order valence-electron chi connectivity index (χ4n) is 2.72. The Morgan fingerprint density at radius 1 is 1.17 bits per heavy atom. The molecule has 0 heterocycles. The number of benzene rings is 1. The summed E-state index contributed by atoms with van der Waals surface area (Å²) in [4.78, 5) is 2.30. The van der Waals surface area contributed by atoms with Crippen LogP contribution in [0.25, 0.3) is 0 Å². The number of hydrogen-bond acceptors (Lipinski definition) is 2. The zero-order valence-corrected chi connectivity index (χ0v) is 12.6. The standard InChI is InChI=1S/C16H27NO/c1-7-17(8-2)16(5,6)15(18)14-10-9-12(3)11-13(14)4/h9-11,15,18H,7-8H2,1-6H3.